The van der Waals surface area contributed by atoms with Gasteiger partial charge in [-0.05, 0) is 19.8 Å². The van der Waals surface area contributed by atoms with Crippen molar-refractivity contribution in [1.82, 2.24) is 4.98 Å². The predicted octanol–water partition coefficient (Wildman–Crippen LogP) is 3.59. The number of hydrogen-bond acceptors (Lipinski definition) is 3. The van der Waals surface area contributed by atoms with Crippen LogP contribution >= 0.6 is 11.3 Å². The third kappa shape index (κ3) is 3.58. The summed E-state index contributed by atoms with van der Waals surface area (Å²) in [5.74, 6) is 0. The molecule has 1 atom stereocenters. The lowest BCUT2D eigenvalue weighted by Gasteiger charge is -2.06. The van der Waals surface area contributed by atoms with Crippen molar-refractivity contribution in [3.05, 3.63) is 15.6 Å². The SMILES string of the molecule is CCCCCC(N)c1nc(CC)c(C)s1. The zero-order valence-corrected chi connectivity index (χ0v) is 10.9. The molecule has 0 spiro atoms. The van der Waals surface area contributed by atoms with E-state index in [1.54, 1.807) is 11.3 Å². The minimum Gasteiger partial charge on any atom is -0.322 e. The van der Waals surface area contributed by atoms with E-state index in [0.29, 0.717) is 0 Å². The molecular formula is C12H22N2S. The summed E-state index contributed by atoms with van der Waals surface area (Å²) in [5, 5.41) is 1.13. The van der Waals surface area contributed by atoms with Crippen molar-refractivity contribution >= 4 is 11.3 Å². The number of aryl methyl sites for hydroxylation is 2. The molecule has 1 aromatic heterocycles. The third-order valence-electron chi connectivity index (χ3n) is 2.68. The van der Waals surface area contributed by atoms with Crippen molar-refractivity contribution in [2.24, 2.45) is 5.73 Å². The number of aromatic nitrogens is 1. The Morgan fingerprint density at radius 1 is 1.33 bits per heavy atom. The molecule has 0 bridgehead atoms. The largest absolute Gasteiger partial charge is 0.322 e. The van der Waals surface area contributed by atoms with Gasteiger partial charge in [-0.1, -0.05) is 33.1 Å². The molecule has 0 saturated carbocycles. The van der Waals surface area contributed by atoms with Crippen molar-refractivity contribution in [3.8, 4) is 0 Å². The highest BCUT2D eigenvalue weighted by molar-refractivity contribution is 7.11. The molecule has 1 aromatic rings. The van der Waals surface area contributed by atoms with E-state index in [9.17, 15) is 0 Å². The molecule has 0 aliphatic carbocycles. The summed E-state index contributed by atoms with van der Waals surface area (Å²) < 4.78 is 0. The molecule has 0 radical (unpaired) electrons. The van der Waals surface area contributed by atoms with Crippen LogP contribution in [0.25, 0.3) is 0 Å². The minimum atomic E-state index is 0.153. The van der Waals surface area contributed by atoms with E-state index in [2.05, 4.69) is 25.8 Å². The van der Waals surface area contributed by atoms with E-state index in [1.807, 2.05) is 0 Å². The summed E-state index contributed by atoms with van der Waals surface area (Å²) in [7, 11) is 0. The lowest BCUT2D eigenvalue weighted by atomic mass is 10.1. The fourth-order valence-electron chi connectivity index (χ4n) is 1.67. The number of nitrogens with two attached hydrogens (primary N) is 1. The van der Waals surface area contributed by atoms with Crippen LogP contribution in [0.4, 0.5) is 0 Å². The van der Waals surface area contributed by atoms with E-state index >= 15 is 0 Å². The van der Waals surface area contributed by atoms with Crippen LogP contribution < -0.4 is 5.73 Å². The Morgan fingerprint density at radius 2 is 2.07 bits per heavy atom. The molecule has 0 aromatic carbocycles. The van der Waals surface area contributed by atoms with Crippen LogP contribution in [0.15, 0.2) is 0 Å². The molecule has 1 unspecified atom stereocenters. The van der Waals surface area contributed by atoms with Gasteiger partial charge in [-0.2, -0.15) is 0 Å². The number of hydrogen-bond donors (Lipinski definition) is 1. The highest BCUT2D eigenvalue weighted by Gasteiger charge is 2.12. The molecule has 15 heavy (non-hydrogen) atoms. The Labute approximate surface area is 96.9 Å². The van der Waals surface area contributed by atoms with Crippen molar-refractivity contribution in [3.63, 3.8) is 0 Å². The van der Waals surface area contributed by atoms with Gasteiger partial charge in [-0.15, -0.1) is 11.3 Å². The van der Waals surface area contributed by atoms with Gasteiger partial charge in [0.25, 0.3) is 0 Å². The lowest BCUT2D eigenvalue weighted by Crippen LogP contribution is -2.09. The van der Waals surface area contributed by atoms with Gasteiger partial charge >= 0.3 is 0 Å². The van der Waals surface area contributed by atoms with Crippen LogP contribution in [0.5, 0.6) is 0 Å². The predicted molar refractivity (Wildman–Crippen MR) is 67.3 cm³/mol. The molecule has 1 heterocycles. The van der Waals surface area contributed by atoms with Crippen LogP contribution in [-0.4, -0.2) is 4.98 Å². The van der Waals surface area contributed by atoms with Crippen LogP contribution in [-0.2, 0) is 6.42 Å². The van der Waals surface area contributed by atoms with Crippen molar-refractivity contribution in [2.75, 3.05) is 0 Å². The van der Waals surface area contributed by atoms with Gasteiger partial charge in [0.15, 0.2) is 0 Å². The van der Waals surface area contributed by atoms with E-state index in [-0.39, 0.29) is 6.04 Å². The second-order valence-electron chi connectivity index (χ2n) is 4.01. The van der Waals surface area contributed by atoms with Crippen molar-refractivity contribution in [1.29, 1.82) is 0 Å². The summed E-state index contributed by atoms with van der Waals surface area (Å²) in [6.07, 6.45) is 5.84. The summed E-state index contributed by atoms with van der Waals surface area (Å²) in [6, 6.07) is 0.153. The number of thiazole rings is 1. The Bertz CT molecular complexity index is 294. The molecule has 0 aliphatic heterocycles. The summed E-state index contributed by atoms with van der Waals surface area (Å²) in [6.45, 7) is 6.50. The molecule has 0 saturated heterocycles. The number of rotatable bonds is 6. The molecule has 2 nitrogen and oxygen atoms in total. The van der Waals surface area contributed by atoms with E-state index in [0.717, 1.165) is 17.8 Å². The van der Waals surface area contributed by atoms with Crippen LogP contribution in [0.2, 0.25) is 0 Å². The van der Waals surface area contributed by atoms with Gasteiger partial charge in [0.1, 0.15) is 5.01 Å². The highest BCUT2D eigenvalue weighted by Crippen LogP contribution is 2.25. The molecular weight excluding hydrogens is 204 g/mol. The van der Waals surface area contributed by atoms with Crippen molar-refractivity contribution < 1.29 is 0 Å². The molecule has 0 fully saturated rings. The summed E-state index contributed by atoms with van der Waals surface area (Å²) in [5.41, 5.74) is 7.34. The normalized spacial score (nSPS) is 13.1. The minimum absolute atomic E-state index is 0.153. The molecule has 0 aliphatic rings. The zero-order valence-electron chi connectivity index (χ0n) is 10.0. The average molecular weight is 226 g/mol. The fraction of sp³-hybridized carbons (Fsp3) is 0.750. The fourth-order valence-corrected chi connectivity index (χ4v) is 2.72. The van der Waals surface area contributed by atoms with Gasteiger partial charge in [-0.25, -0.2) is 4.98 Å². The maximum absolute atomic E-state index is 6.12. The summed E-state index contributed by atoms with van der Waals surface area (Å²) >= 11 is 1.77. The van der Waals surface area contributed by atoms with E-state index in [4.69, 9.17) is 5.73 Å². The molecule has 2 N–H and O–H groups in total. The van der Waals surface area contributed by atoms with Crippen molar-refractivity contribution in [2.45, 2.75) is 58.9 Å². The topological polar surface area (TPSA) is 38.9 Å². The quantitative estimate of drug-likeness (QED) is 0.753. The first-order chi connectivity index (χ1) is 7.19. The first-order valence-electron chi connectivity index (χ1n) is 5.90. The molecule has 1 rings (SSSR count). The average Bonchev–Trinajstić information content (AvgIpc) is 2.60. The Kier molecular flexibility index (Phi) is 5.26. The molecule has 86 valence electrons. The standard InChI is InChI=1S/C12H22N2S/c1-4-6-7-8-10(13)12-14-11(5-2)9(3)15-12/h10H,4-8,13H2,1-3H3. The Hall–Kier alpha value is -0.410. The third-order valence-corrected chi connectivity index (χ3v) is 3.82. The van der Waals surface area contributed by atoms with Gasteiger partial charge < -0.3 is 5.73 Å². The summed E-state index contributed by atoms with van der Waals surface area (Å²) in [4.78, 5) is 5.93. The van der Waals surface area contributed by atoms with E-state index < -0.39 is 0 Å². The van der Waals surface area contributed by atoms with Gasteiger partial charge in [-0.3, -0.25) is 0 Å². The zero-order chi connectivity index (χ0) is 11.3. The number of nitrogens with zero attached hydrogens (tertiary/aromatic N) is 1. The first-order valence-corrected chi connectivity index (χ1v) is 6.72. The van der Waals surface area contributed by atoms with Gasteiger partial charge in [0.2, 0.25) is 0 Å². The van der Waals surface area contributed by atoms with Crippen LogP contribution in [0, 0.1) is 6.92 Å². The second-order valence-corrected chi connectivity index (χ2v) is 5.25. The van der Waals surface area contributed by atoms with Gasteiger partial charge in [0, 0.05) is 4.88 Å². The van der Waals surface area contributed by atoms with Gasteiger partial charge in [0.05, 0.1) is 11.7 Å². The maximum Gasteiger partial charge on any atom is 0.110 e. The number of unbranched alkanes of at least 4 members (excludes halogenated alkanes) is 2. The first kappa shape index (κ1) is 12.7. The monoisotopic (exact) mass is 226 g/mol. The van der Waals surface area contributed by atoms with E-state index in [1.165, 1.54) is 29.8 Å². The lowest BCUT2D eigenvalue weighted by molar-refractivity contribution is 0.578. The van der Waals surface area contributed by atoms with Crippen LogP contribution in [0.1, 0.15) is 61.2 Å². The second kappa shape index (κ2) is 6.23. The highest BCUT2D eigenvalue weighted by atomic mass is 32.1. The Morgan fingerprint density at radius 3 is 2.60 bits per heavy atom. The Balaban J connectivity index is 2.53. The molecule has 0 amide bonds. The van der Waals surface area contributed by atoms with Crippen LogP contribution in [0.3, 0.4) is 0 Å². The maximum atomic E-state index is 6.12. The molecule has 3 heteroatoms. The smallest absolute Gasteiger partial charge is 0.110 e.